The standard InChI is InChI=1S/C12H16F2N2O3/c1-18-8-6-9(3-2-7-19-12(13)14)10-4-5-11(17)16-15-10/h2-6,10,12,15H,7-8H2,1H3,(H,16,17)/b3-2-,9-6+. The second-order valence-corrected chi connectivity index (χ2v) is 3.63. The summed E-state index contributed by atoms with van der Waals surface area (Å²) in [6, 6.07) is -0.240. The highest BCUT2D eigenvalue weighted by Crippen LogP contribution is 2.08. The van der Waals surface area contributed by atoms with Crippen LogP contribution in [0.3, 0.4) is 0 Å². The van der Waals surface area contributed by atoms with Crippen LogP contribution in [0.2, 0.25) is 0 Å². The molecule has 1 rings (SSSR count). The van der Waals surface area contributed by atoms with E-state index in [0.29, 0.717) is 6.61 Å². The summed E-state index contributed by atoms with van der Waals surface area (Å²) in [5.74, 6) is -0.243. The molecule has 0 aromatic carbocycles. The Hall–Kier alpha value is -1.57. The number of carbonyl (C=O) groups excluding carboxylic acids is 1. The van der Waals surface area contributed by atoms with E-state index in [1.54, 1.807) is 25.3 Å². The summed E-state index contributed by atoms with van der Waals surface area (Å²) in [4.78, 5) is 11.0. The van der Waals surface area contributed by atoms with Gasteiger partial charge in [-0.15, -0.1) is 0 Å². The summed E-state index contributed by atoms with van der Waals surface area (Å²) >= 11 is 0. The number of hydrogen-bond donors (Lipinski definition) is 2. The van der Waals surface area contributed by atoms with E-state index in [0.717, 1.165) is 5.57 Å². The highest BCUT2D eigenvalue weighted by atomic mass is 19.3. The Morgan fingerprint density at radius 1 is 1.53 bits per heavy atom. The van der Waals surface area contributed by atoms with Crippen molar-refractivity contribution in [1.82, 2.24) is 10.9 Å². The third kappa shape index (κ3) is 6.23. The lowest BCUT2D eigenvalue weighted by Gasteiger charge is -2.20. The first-order valence-electron chi connectivity index (χ1n) is 5.62. The zero-order valence-electron chi connectivity index (χ0n) is 10.4. The maximum Gasteiger partial charge on any atom is 0.345 e. The van der Waals surface area contributed by atoms with E-state index < -0.39 is 6.61 Å². The Balaban J connectivity index is 2.62. The van der Waals surface area contributed by atoms with E-state index in [9.17, 15) is 13.6 Å². The van der Waals surface area contributed by atoms with E-state index in [4.69, 9.17) is 4.74 Å². The first-order chi connectivity index (χ1) is 9.13. The van der Waals surface area contributed by atoms with Crippen molar-refractivity contribution in [3.05, 3.63) is 36.0 Å². The molecule has 1 atom stereocenters. The lowest BCUT2D eigenvalue weighted by molar-refractivity contribution is -0.119. The molecule has 1 aliphatic rings. The fourth-order valence-corrected chi connectivity index (χ4v) is 1.41. The van der Waals surface area contributed by atoms with Crippen LogP contribution in [0.15, 0.2) is 36.0 Å². The molecular weight excluding hydrogens is 258 g/mol. The molecule has 0 saturated carbocycles. The number of alkyl halides is 2. The number of hydrogen-bond acceptors (Lipinski definition) is 4. The van der Waals surface area contributed by atoms with Gasteiger partial charge in [0.15, 0.2) is 0 Å². The summed E-state index contributed by atoms with van der Waals surface area (Å²) in [7, 11) is 1.55. The summed E-state index contributed by atoms with van der Waals surface area (Å²) in [6.45, 7) is -2.61. The van der Waals surface area contributed by atoms with E-state index in [-0.39, 0.29) is 18.6 Å². The summed E-state index contributed by atoms with van der Waals surface area (Å²) < 4.78 is 32.6. The van der Waals surface area contributed by atoms with Gasteiger partial charge in [-0.05, 0) is 5.57 Å². The molecule has 1 unspecified atom stereocenters. The van der Waals surface area contributed by atoms with E-state index in [1.807, 2.05) is 0 Å². The summed E-state index contributed by atoms with van der Waals surface area (Å²) in [6.07, 6.45) is 7.95. The van der Waals surface area contributed by atoms with Gasteiger partial charge in [-0.2, -0.15) is 8.78 Å². The third-order valence-electron chi connectivity index (χ3n) is 2.26. The Morgan fingerprint density at radius 3 is 2.89 bits per heavy atom. The van der Waals surface area contributed by atoms with Crippen molar-refractivity contribution >= 4 is 5.91 Å². The first-order valence-corrected chi connectivity index (χ1v) is 5.62. The van der Waals surface area contributed by atoms with Crippen LogP contribution < -0.4 is 10.9 Å². The number of amides is 1. The van der Waals surface area contributed by atoms with E-state index >= 15 is 0 Å². The zero-order chi connectivity index (χ0) is 14.1. The highest BCUT2D eigenvalue weighted by molar-refractivity contribution is 5.88. The molecule has 1 aliphatic heterocycles. The molecule has 5 nitrogen and oxygen atoms in total. The van der Waals surface area contributed by atoms with Gasteiger partial charge < -0.3 is 9.47 Å². The van der Waals surface area contributed by atoms with Gasteiger partial charge in [-0.1, -0.05) is 24.3 Å². The monoisotopic (exact) mass is 274 g/mol. The number of halogens is 2. The van der Waals surface area contributed by atoms with Crippen LogP contribution in [0.25, 0.3) is 0 Å². The molecule has 106 valence electrons. The molecule has 0 aliphatic carbocycles. The van der Waals surface area contributed by atoms with Gasteiger partial charge in [0.2, 0.25) is 0 Å². The van der Waals surface area contributed by atoms with Crippen LogP contribution in [0.1, 0.15) is 0 Å². The molecule has 0 saturated heterocycles. The van der Waals surface area contributed by atoms with Crippen LogP contribution in [-0.2, 0) is 14.3 Å². The molecule has 1 amide bonds. The van der Waals surface area contributed by atoms with Crippen molar-refractivity contribution in [2.45, 2.75) is 12.7 Å². The van der Waals surface area contributed by atoms with Crippen molar-refractivity contribution in [2.24, 2.45) is 0 Å². The molecule has 0 fully saturated rings. The molecule has 0 bridgehead atoms. The molecule has 1 heterocycles. The number of ether oxygens (including phenoxy) is 2. The van der Waals surface area contributed by atoms with Crippen LogP contribution >= 0.6 is 0 Å². The molecular formula is C12H16F2N2O3. The predicted molar refractivity (Wildman–Crippen MR) is 65.3 cm³/mol. The summed E-state index contributed by atoms with van der Waals surface area (Å²) in [5.41, 5.74) is 6.01. The van der Waals surface area contributed by atoms with Crippen molar-refractivity contribution in [2.75, 3.05) is 20.3 Å². The Morgan fingerprint density at radius 2 is 2.32 bits per heavy atom. The first kappa shape index (κ1) is 15.5. The van der Waals surface area contributed by atoms with Gasteiger partial charge in [0.25, 0.3) is 5.91 Å². The van der Waals surface area contributed by atoms with Gasteiger partial charge in [0.1, 0.15) is 0 Å². The number of rotatable bonds is 7. The van der Waals surface area contributed by atoms with Gasteiger partial charge in [-0.25, -0.2) is 5.43 Å². The Kier molecular flexibility index (Phi) is 6.94. The maximum atomic E-state index is 11.8. The normalized spacial score (nSPS) is 20.3. The van der Waals surface area contributed by atoms with E-state index in [2.05, 4.69) is 15.6 Å². The minimum atomic E-state index is -2.79. The fourth-order valence-electron chi connectivity index (χ4n) is 1.41. The molecule has 0 aromatic rings. The van der Waals surface area contributed by atoms with Gasteiger partial charge in [-0.3, -0.25) is 10.2 Å². The molecule has 0 spiro atoms. The molecule has 0 radical (unpaired) electrons. The van der Waals surface area contributed by atoms with E-state index in [1.165, 1.54) is 12.2 Å². The largest absolute Gasteiger partial charge is 0.381 e. The lowest BCUT2D eigenvalue weighted by Crippen LogP contribution is -2.46. The van der Waals surface area contributed by atoms with Crippen LogP contribution in [0, 0.1) is 0 Å². The number of methoxy groups -OCH3 is 1. The smallest absolute Gasteiger partial charge is 0.345 e. The zero-order valence-corrected chi connectivity index (χ0v) is 10.4. The molecule has 19 heavy (non-hydrogen) atoms. The second kappa shape index (κ2) is 8.52. The SMILES string of the molecule is COC/C=C(\C=C/COC(F)F)C1C=CC(=O)NN1. The van der Waals surface area contributed by atoms with Crippen molar-refractivity contribution < 1.29 is 23.0 Å². The lowest BCUT2D eigenvalue weighted by atomic mass is 10.1. The van der Waals surface area contributed by atoms with Gasteiger partial charge in [0.05, 0.1) is 19.3 Å². The van der Waals surface area contributed by atoms with Gasteiger partial charge in [0, 0.05) is 13.2 Å². The van der Waals surface area contributed by atoms with Gasteiger partial charge >= 0.3 is 6.61 Å². The van der Waals surface area contributed by atoms with Crippen LogP contribution in [-0.4, -0.2) is 38.9 Å². The van der Waals surface area contributed by atoms with Crippen LogP contribution in [0.4, 0.5) is 8.78 Å². The minimum absolute atomic E-state index is 0.190. The van der Waals surface area contributed by atoms with Crippen molar-refractivity contribution in [1.29, 1.82) is 0 Å². The highest BCUT2D eigenvalue weighted by Gasteiger charge is 2.13. The van der Waals surface area contributed by atoms with Crippen molar-refractivity contribution in [3.63, 3.8) is 0 Å². The summed E-state index contributed by atoms with van der Waals surface area (Å²) in [5, 5.41) is 0. The molecule has 0 aromatic heterocycles. The number of carbonyl (C=O) groups is 1. The average Bonchev–Trinajstić information content (AvgIpc) is 2.39. The number of nitrogens with one attached hydrogen (secondary N) is 2. The maximum absolute atomic E-state index is 11.8. The quantitative estimate of drug-likeness (QED) is 0.678. The van der Waals surface area contributed by atoms with Crippen LogP contribution in [0.5, 0.6) is 0 Å². The predicted octanol–water partition coefficient (Wildman–Crippen LogP) is 0.914. The van der Waals surface area contributed by atoms with Crippen molar-refractivity contribution in [3.8, 4) is 0 Å². The topological polar surface area (TPSA) is 59.6 Å². The minimum Gasteiger partial charge on any atom is -0.381 e. The Labute approximate surface area is 109 Å². The Bertz CT molecular complexity index is 381. The second-order valence-electron chi connectivity index (χ2n) is 3.63. The molecule has 7 heteroatoms. The average molecular weight is 274 g/mol. The fraction of sp³-hybridized carbons (Fsp3) is 0.417. The number of hydrazine groups is 1. The molecule has 2 N–H and O–H groups in total. The third-order valence-corrected chi connectivity index (χ3v) is 2.26.